The molecule has 0 aliphatic carbocycles. The second-order valence-electron chi connectivity index (χ2n) is 3.90. The number of nitrogens with one attached hydrogen (secondary N) is 1. The summed E-state index contributed by atoms with van der Waals surface area (Å²) >= 11 is 0. The van der Waals surface area contributed by atoms with Gasteiger partial charge in [0.1, 0.15) is 0 Å². The quantitative estimate of drug-likeness (QED) is 0.673. The van der Waals surface area contributed by atoms with E-state index in [0.717, 1.165) is 0 Å². The molecule has 108 valence electrons. The van der Waals surface area contributed by atoms with Gasteiger partial charge in [0.25, 0.3) is 10.0 Å². The standard InChI is InChI=1S/C10H17N3O5S/c1-3-18-8(4-10(14)15)5-12-19(16,17)9-6-13(2)7-11-9/h6-8,12H,3-5H2,1-2H3,(H,14,15). The maximum Gasteiger partial charge on any atom is 0.306 e. The molecule has 0 spiro atoms. The van der Waals surface area contributed by atoms with Crippen molar-refractivity contribution < 1.29 is 23.1 Å². The maximum absolute atomic E-state index is 11.9. The summed E-state index contributed by atoms with van der Waals surface area (Å²) in [6, 6.07) is 0. The number of rotatable bonds is 8. The van der Waals surface area contributed by atoms with Crippen molar-refractivity contribution in [3.8, 4) is 0 Å². The molecule has 1 aromatic rings. The molecule has 0 saturated heterocycles. The van der Waals surface area contributed by atoms with Crippen LogP contribution in [-0.2, 0) is 26.6 Å². The van der Waals surface area contributed by atoms with Crippen LogP contribution in [0.1, 0.15) is 13.3 Å². The van der Waals surface area contributed by atoms with E-state index < -0.39 is 22.1 Å². The molecule has 0 amide bonds. The van der Waals surface area contributed by atoms with E-state index in [0.29, 0.717) is 6.61 Å². The summed E-state index contributed by atoms with van der Waals surface area (Å²) < 4.78 is 32.6. The normalized spacial score (nSPS) is 13.4. The maximum atomic E-state index is 11.9. The fraction of sp³-hybridized carbons (Fsp3) is 0.600. The van der Waals surface area contributed by atoms with Crippen molar-refractivity contribution in [2.24, 2.45) is 7.05 Å². The molecule has 1 heterocycles. The van der Waals surface area contributed by atoms with Gasteiger partial charge in [-0.1, -0.05) is 0 Å². The lowest BCUT2D eigenvalue weighted by Crippen LogP contribution is -2.35. The molecule has 0 aliphatic heterocycles. The minimum atomic E-state index is -3.74. The van der Waals surface area contributed by atoms with Crippen LogP contribution < -0.4 is 4.72 Å². The van der Waals surface area contributed by atoms with Crippen molar-refractivity contribution in [1.29, 1.82) is 0 Å². The predicted octanol–water partition coefficient (Wildman–Crippen LogP) is -0.422. The Labute approximate surface area is 111 Å². The van der Waals surface area contributed by atoms with Crippen LogP contribution >= 0.6 is 0 Å². The fourth-order valence-electron chi connectivity index (χ4n) is 1.42. The third-order valence-corrected chi connectivity index (χ3v) is 3.57. The lowest BCUT2D eigenvalue weighted by molar-refractivity contribution is -0.140. The van der Waals surface area contributed by atoms with E-state index in [-0.39, 0.29) is 18.0 Å². The summed E-state index contributed by atoms with van der Waals surface area (Å²) in [5.41, 5.74) is 0. The van der Waals surface area contributed by atoms with E-state index in [1.807, 2.05) is 0 Å². The van der Waals surface area contributed by atoms with Crippen LogP contribution in [-0.4, -0.2) is 48.3 Å². The Morgan fingerprint density at radius 3 is 2.79 bits per heavy atom. The minimum Gasteiger partial charge on any atom is -0.481 e. The van der Waals surface area contributed by atoms with Gasteiger partial charge in [-0.2, -0.15) is 0 Å². The number of carbonyl (C=O) groups is 1. The summed E-state index contributed by atoms with van der Waals surface area (Å²) in [5.74, 6) is -1.05. The average Bonchev–Trinajstić information content (AvgIpc) is 2.73. The molecular formula is C10H17N3O5S. The van der Waals surface area contributed by atoms with Crippen LogP contribution in [0.2, 0.25) is 0 Å². The fourth-order valence-corrected chi connectivity index (χ4v) is 2.47. The SMILES string of the molecule is CCOC(CNS(=O)(=O)c1cn(C)cn1)CC(=O)O. The van der Waals surface area contributed by atoms with Crippen LogP contribution in [0.4, 0.5) is 0 Å². The van der Waals surface area contributed by atoms with Gasteiger partial charge in [-0.05, 0) is 6.92 Å². The molecule has 0 radical (unpaired) electrons. The first kappa shape index (κ1) is 15.6. The number of ether oxygens (including phenoxy) is 1. The van der Waals surface area contributed by atoms with Crippen LogP contribution in [0.3, 0.4) is 0 Å². The first-order valence-corrected chi connectivity index (χ1v) is 7.14. The highest BCUT2D eigenvalue weighted by molar-refractivity contribution is 7.89. The number of hydrogen-bond donors (Lipinski definition) is 2. The van der Waals surface area contributed by atoms with Gasteiger partial charge in [0.2, 0.25) is 0 Å². The van der Waals surface area contributed by atoms with Crippen LogP contribution in [0, 0.1) is 0 Å². The van der Waals surface area contributed by atoms with Gasteiger partial charge in [-0.25, -0.2) is 18.1 Å². The molecule has 0 bridgehead atoms. The van der Waals surface area contributed by atoms with E-state index in [9.17, 15) is 13.2 Å². The largest absolute Gasteiger partial charge is 0.481 e. The topological polar surface area (TPSA) is 111 Å². The van der Waals surface area contributed by atoms with E-state index in [1.54, 1.807) is 14.0 Å². The molecule has 1 unspecified atom stereocenters. The number of carboxylic acids is 1. The Bertz CT molecular complexity index is 525. The van der Waals surface area contributed by atoms with Gasteiger partial charge in [0.05, 0.1) is 18.9 Å². The van der Waals surface area contributed by atoms with Crippen LogP contribution in [0.25, 0.3) is 0 Å². The number of hydrogen-bond acceptors (Lipinski definition) is 5. The number of imidazole rings is 1. The van der Waals surface area contributed by atoms with Crippen LogP contribution in [0.5, 0.6) is 0 Å². The zero-order chi connectivity index (χ0) is 14.5. The van der Waals surface area contributed by atoms with E-state index in [4.69, 9.17) is 9.84 Å². The molecule has 0 aromatic carbocycles. The molecule has 1 rings (SSSR count). The second-order valence-corrected chi connectivity index (χ2v) is 5.62. The zero-order valence-electron chi connectivity index (χ0n) is 10.7. The average molecular weight is 291 g/mol. The lowest BCUT2D eigenvalue weighted by Gasteiger charge is -2.15. The van der Waals surface area contributed by atoms with Crippen molar-refractivity contribution >= 4 is 16.0 Å². The van der Waals surface area contributed by atoms with Gasteiger partial charge < -0.3 is 14.4 Å². The van der Waals surface area contributed by atoms with E-state index in [2.05, 4.69) is 9.71 Å². The predicted molar refractivity (Wildman–Crippen MR) is 66.1 cm³/mol. The number of carboxylic acid groups (broad SMARTS) is 1. The summed E-state index contributed by atoms with van der Waals surface area (Å²) in [4.78, 5) is 14.3. The number of nitrogens with zero attached hydrogens (tertiary/aromatic N) is 2. The van der Waals surface area contributed by atoms with Crippen molar-refractivity contribution in [3.63, 3.8) is 0 Å². The zero-order valence-corrected chi connectivity index (χ0v) is 11.6. The van der Waals surface area contributed by atoms with Crippen molar-refractivity contribution in [3.05, 3.63) is 12.5 Å². The number of sulfonamides is 1. The summed E-state index contributed by atoms with van der Waals surface area (Å²) in [6.45, 7) is 1.91. The molecule has 1 atom stereocenters. The Balaban J connectivity index is 2.65. The number of aliphatic carboxylic acids is 1. The molecule has 0 fully saturated rings. The molecule has 9 heteroatoms. The lowest BCUT2D eigenvalue weighted by atomic mass is 10.2. The first-order chi connectivity index (χ1) is 8.85. The second kappa shape index (κ2) is 6.64. The smallest absolute Gasteiger partial charge is 0.306 e. The summed E-state index contributed by atoms with van der Waals surface area (Å²) in [7, 11) is -2.09. The van der Waals surface area contributed by atoms with Gasteiger partial charge >= 0.3 is 5.97 Å². The monoisotopic (exact) mass is 291 g/mol. The van der Waals surface area contributed by atoms with Crippen molar-refractivity contribution in [2.45, 2.75) is 24.5 Å². The van der Waals surface area contributed by atoms with Crippen LogP contribution in [0.15, 0.2) is 17.6 Å². The number of aryl methyl sites for hydroxylation is 1. The van der Waals surface area contributed by atoms with E-state index >= 15 is 0 Å². The first-order valence-electron chi connectivity index (χ1n) is 5.66. The third-order valence-electron chi connectivity index (χ3n) is 2.26. The Morgan fingerprint density at radius 1 is 1.63 bits per heavy atom. The summed E-state index contributed by atoms with van der Waals surface area (Å²) in [5, 5.41) is 8.58. The molecule has 1 aromatic heterocycles. The van der Waals surface area contributed by atoms with E-state index in [1.165, 1.54) is 17.1 Å². The van der Waals surface area contributed by atoms with Crippen molar-refractivity contribution in [1.82, 2.24) is 14.3 Å². The Kier molecular flexibility index (Phi) is 5.45. The molecular weight excluding hydrogens is 274 g/mol. The highest BCUT2D eigenvalue weighted by Crippen LogP contribution is 2.05. The molecule has 0 aliphatic rings. The highest BCUT2D eigenvalue weighted by Gasteiger charge is 2.20. The summed E-state index contributed by atoms with van der Waals surface area (Å²) in [6.07, 6.45) is 1.75. The molecule has 19 heavy (non-hydrogen) atoms. The van der Waals surface area contributed by atoms with Gasteiger partial charge in [0.15, 0.2) is 5.03 Å². The minimum absolute atomic E-state index is 0.111. The molecule has 0 saturated carbocycles. The Hall–Kier alpha value is -1.45. The molecule has 8 nitrogen and oxygen atoms in total. The van der Waals surface area contributed by atoms with Gasteiger partial charge in [0, 0.05) is 26.4 Å². The molecule has 2 N–H and O–H groups in total. The highest BCUT2D eigenvalue weighted by atomic mass is 32.2. The number of aromatic nitrogens is 2. The van der Waals surface area contributed by atoms with Crippen molar-refractivity contribution in [2.75, 3.05) is 13.2 Å². The van der Waals surface area contributed by atoms with Gasteiger partial charge in [-0.3, -0.25) is 4.79 Å². The third kappa shape index (κ3) is 4.97. The Morgan fingerprint density at radius 2 is 2.32 bits per heavy atom. The van der Waals surface area contributed by atoms with Gasteiger partial charge in [-0.15, -0.1) is 0 Å².